The fraction of sp³-hybridized carbons (Fsp3) is 0.286. The van der Waals surface area contributed by atoms with Crippen LogP contribution in [0.5, 0.6) is 5.75 Å². The molecule has 1 rings (SSSR count). The quantitative estimate of drug-likeness (QED) is 0.233. The van der Waals surface area contributed by atoms with Crippen molar-refractivity contribution in [3.05, 3.63) is 50.0 Å². The first-order valence-corrected chi connectivity index (χ1v) is 7.40. The Balaban J connectivity index is 2.73. The van der Waals surface area contributed by atoms with E-state index < -0.39 is 24.3 Å². The monoisotopic (exact) mass is 376 g/mol. The summed E-state index contributed by atoms with van der Waals surface area (Å²) >= 11 is 12.1. The highest BCUT2D eigenvalue weighted by molar-refractivity contribution is 6.45. The van der Waals surface area contributed by atoms with Gasteiger partial charge < -0.3 is 10.1 Å². The number of ketones is 1. The van der Waals surface area contributed by atoms with Crippen molar-refractivity contribution in [1.82, 2.24) is 5.32 Å². The predicted octanol–water partition coefficient (Wildman–Crippen LogP) is 2.80. The summed E-state index contributed by atoms with van der Waals surface area (Å²) in [6, 6.07) is 2.81. The molecular formula is C14H14Cl2N2O6. The van der Waals surface area contributed by atoms with E-state index >= 15 is 0 Å². The Labute approximate surface area is 147 Å². The van der Waals surface area contributed by atoms with Gasteiger partial charge in [-0.3, -0.25) is 14.4 Å². The Kier molecular flexibility index (Phi) is 7.47. The summed E-state index contributed by atoms with van der Waals surface area (Å²) in [5.41, 5.74) is 0.566. The van der Waals surface area contributed by atoms with Crippen LogP contribution in [-0.2, 0) is 9.63 Å². The molecule has 130 valence electrons. The lowest BCUT2D eigenvalue weighted by Gasteiger charge is -2.12. The van der Waals surface area contributed by atoms with Gasteiger partial charge in [0.05, 0.1) is 5.02 Å². The maximum atomic E-state index is 12.1. The molecule has 0 aliphatic carbocycles. The van der Waals surface area contributed by atoms with Crippen molar-refractivity contribution in [3.63, 3.8) is 0 Å². The number of nitrogens with one attached hydrogen (secondary N) is 1. The van der Waals surface area contributed by atoms with Crippen molar-refractivity contribution >= 4 is 34.9 Å². The number of hydrogen-bond acceptors (Lipinski definition) is 6. The molecule has 1 N–H and O–H groups in total. The fourth-order valence-corrected chi connectivity index (χ4v) is 1.99. The van der Waals surface area contributed by atoms with E-state index in [1.165, 1.54) is 12.1 Å². The number of benzene rings is 1. The smallest absolute Gasteiger partial charge is 0.296 e. The van der Waals surface area contributed by atoms with Gasteiger partial charge in [0.1, 0.15) is 10.8 Å². The first kappa shape index (κ1) is 19.7. The molecule has 10 heteroatoms. The number of amides is 1. The number of nitrogens with zero attached hydrogens (tertiary/aromatic N) is 1. The van der Waals surface area contributed by atoms with Crippen LogP contribution in [0.4, 0.5) is 0 Å². The zero-order valence-electron chi connectivity index (χ0n) is 12.6. The summed E-state index contributed by atoms with van der Waals surface area (Å²) in [5, 5.41) is 11.0. The molecule has 0 heterocycles. The van der Waals surface area contributed by atoms with Gasteiger partial charge in [-0.25, -0.2) is 0 Å². The molecule has 0 aliphatic heterocycles. The van der Waals surface area contributed by atoms with Crippen molar-refractivity contribution in [2.45, 2.75) is 13.3 Å². The number of Topliss-reactive ketones (excluding diaryl/α,β-unsaturated/α-hetero) is 1. The summed E-state index contributed by atoms with van der Waals surface area (Å²) in [6.45, 7) is 4.37. The van der Waals surface area contributed by atoms with E-state index in [-0.39, 0.29) is 27.1 Å². The van der Waals surface area contributed by atoms with Crippen LogP contribution in [-0.4, -0.2) is 30.1 Å². The van der Waals surface area contributed by atoms with E-state index in [1.54, 1.807) is 6.92 Å². The molecule has 0 aliphatic rings. The average molecular weight is 377 g/mol. The third-order valence-corrected chi connectivity index (χ3v) is 3.70. The van der Waals surface area contributed by atoms with Crippen LogP contribution in [0.3, 0.4) is 0 Å². The highest BCUT2D eigenvalue weighted by Gasteiger charge is 2.18. The molecule has 0 saturated carbocycles. The van der Waals surface area contributed by atoms with Crippen LogP contribution in [0, 0.1) is 10.1 Å². The summed E-state index contributed by atoms with van der Waals surface area (Å²) < 4.78 is 5.17. The van der Waals surface area contributed by atoms with E-state index in [0.717, 1.165) is 0 Å². The van der Waals surface area contributed by atoms with Crippen molar-refractivity contribution in [2.24, 2.45) is 0 Å². The predicted molar refractivity (Wildman–Crippen MR) is 86.8 cm³/mol. The van der Waals surface area contributed by atoms with Crippen LogP contribution in [0.2, 0.25) is 10.0 Å². The van der Waals surface area contributed by atoms with Gasteiger partial charge in [-0.2, -0.15) is 0 Å². The number of carbonyl (C=O) groups is 2. The molecule has 0 aromatic heterocycles. The SMILES string of the molecule is C=C(CC)C(=O)c1ccc(OCC(=O)NCO[N+](=O)[O-])c(Cl)c1Cl. The van der Waals surface area contributed by atoms with E-state index in [9.17, 15) is 19.7 Å². The molecule has 1 aromatic carbocycles. The summed E-state index contributed by atoms with van der Waals surface area (Å²) in [7, 11) is 0. The number of ether oxygens (including phenoxy) is 1. The van der Waals surface area contributed by atoms with Gasteiger partial charge in [0.25, 0.3) is 11.0 Å². The van der Waals surface area contributed by atoms with E-state index in [2.05, 4.69) is 16.7 Å². The molecule has 1 aromatic rings. The zero-order chi connectivity index (χ0) is 18.3. The molecule has 1 amide bonds. The normalized spacial score (nSPS) is 9.96. The van der Waals surface area contributed by atoms with E-state index in [4.69, 9.17) is 27.9 Å². The Hall–Kier alpha value is -2.32. The van der Waals surface area contributed by atoms with Crippen molar-refractivity contribution in [1.29, 1.82) is 0 Å². The van der Waals surface area contributed by atoms with Gasteiger partial charge in [0.15, 0.2) is 19.1 Å². The molecule has 0 bridgehead atoms. The number of carbonyl (C=O) groups excluding carboxylic acids is 2. The molecule has 0 spiro atoms. The zero-order valence-corrected chi connectivity index (χ0v) is 14.1. The average Bonchev–Trinajstić information content (AvgIpc) is 2.54. The lowest BCUT2D eigenvalue weighted by Crippen LogP contribution is -2.31. The third-order valence-electron chi connectivity index (χ3n) is 2.84. The second-order valence-corrected chi connectivity index (χ2v) is 5.17. The van der Waals surface area contributed by atoms with Crippen LogP contribution in [0.15, 0.2) is 24.3 Å². The van der Waals surface area contributed by atoms with Crippen LogP contribution < -0.4 is 10.1 Å². The van der Waals surface area contributed by atoms with Gasteiger partial charge in [-0.05, 0) is 24.1 Å². The highest BCUT2D eigenvalue weighted by Crippen LogP contribution is 2.35. The van der Waals surface area contributed by atoms with Crippen molar-refractivity contribution in [2.75, 3.05) is 13.3 Å². The standard InChI is InChI=1S/C14H14Cl2N2O6/c1-3-8(2)14(20)9-4-5-10(13(16)12(9)15)23-6-11(19)17-7-24-18(21)22/h4-5H,2-3,6-7H2,1H3,(H,17,19). The van der Waals surface area contributed by atoms with Gasteiger partial charge in [0.2, 0.25) is 0 Å². The van der Waals surface area contributed by atoms with Crippen LogP contribution in [0.1, 0.15) is 23.7 Å². The van der Waals surface area contributed by atoms with E-state index in [1.807, 2.05) is 0 Å². The van der Waals surface area contributed by atoms with Crippen molar-refractivity contribution in [3.8, 4) is 5.75 Å². The minimum Gasteiger partial charge on any atom is -0.482 e. The molecule has 0 saturated heterocycles. The number of halogens is 2. The summed E-state index contributed by atoms with van der Waals surface area (Å²) in [6.07, 6.45) is 0.470. The van der Waals surface area contributed by atoms with Gasteiger partial charge in [-0.1, -0.05) is 36.7 Å². The molecule has 24 heavy (non-hydrogen) atoms. The van der Waals surface area contributed by atoms with Gasteiger partial charge in [-0.15, -0.1) is 10.1 Å². The molecule has 0 fully saturated rings. The van der Waals surface area contributed by atoms with E-state index in [0.29, 0.717) is 12.0 Å². The largest absolute Gasteiger partial charge is 0.482 e. The Morgan fingerprint density at radius 2 is 2.00 bits per heavy atom. The summed E-state index contributed by atoms with van der Waals surface area (Å²) in [4.78, 5) is 37.4. The van der Waals surface area contributed by atoms with Gasteiger partial charge in [0, 0.05) is 5.56 Å². The Morgan fingerprint density at radius 1 is 1.33 bits per heavy atom. The maximum Gasteiger partial charge on any atom is 0.296 e. The molecule has 0 atom stereocenters. The number of rotatable bonds is 9. The maximum absolute atomic E-state index is 12.1. The molecule has 0 unspecified atom stereocenters. The van der Waals surface area contributed by atoms with Crippen LogP contribution >= 0.6 is 23.2 Å². The van der Waals surface area contributed by atoms with Crippen LogP contribution in [0.25, 0.3) is 0 Å². The molecule has 0 radical (unpaired) electrons. The topological polar surface area (TPSA) is 108 Å². The number of allylic oxidation sites excluding steroid dienone is 1. The first-order chi connectivity index (χ1) is 11.3. The molecular weight excluding hydrogens is 363 g/mol. The minimum atomic E-state index is -1.04. The third kappa shape index (κ3) is 5.39. The number of hydrogen-bond donors (Lipinski definition) is 1. The Morgan fingerprint density at radius 3 is 2.58 bits per heavy atom. The summed E-state index contributed by atoms with van der Waals surface area (Å²) in [5.74, 6) is -0.903. The first-order valence-electron chi connectivity index (χ1n) is 6.65. The van der Waals surface area contributed by atoms with Gasteiger partial charge >= 0.3 is 0 Å². The van der Waals surface area contributed by atoms with Crippen molar-refractivity contribution < 1.29 is 24.3 Å². The highest BCUT2D eigenvalue weighted by atomic mass is 35.5. The lowest BCUT2D eigenvalue weighted by molar-refractivity contribution is -0.758. The second kappa shape index (κ2) is 9.09. The second-order valence-electron chi connectivity index (χ2n) is 4.41. The Bertz CT molecular complexity index is 677. The lowest BCUT2D eigenvalue weighted by atomic mass is 10.0. The minimum absolute atomic E-state index is 0.00846. The molecule has 8 nitrogen and oxygen atoms in total. The fourth-order valence-electron chi connectivity index (χ4n) is 1.53.